The van der Waals surface area contributed by atoms with E-state index in [1.807, 2.05) is 6.07 Å². The van der Waals surface area contributed by atoms with E-state index in [2.05, 4.69) is 16.4 Å². The van der Waals surface area contributed by atoms with Gasteiger partial charge in [-0.05, 0) is 32.4 Å². The summed E-state index contributed by atoms with van der Waals surface area (Å²) in [5, 5.41) is 13.4. The Morgan fingerprint density at radius 3 is 2.80 bits per heavy atom. The molecule has 1 aliphatic heterocycles. The number of ether oxygens (including phenoxy) is 1. The van der Waals surface area contributed by atoms with Crippen molar-refractivity contribution >= 4 is 23.5 Å². The third-order valence-corrected chi connectivity index (χ3v) is 4.74. The molecule has 0 fully saturated rings. The molecule has 0 bridgehead atoms. The second-order valence-electron chi connectivity index (χ2n) is 5.45. The minimum Gasteiger partial charge on any atom is -0.463 e. The van der Waals surface area contributed by atoms with Crippen LogP contribution in [0.2, 0.25) is 0 Å². The van der Waals surface area contributed by atoms with E-state index in [-0.39, 0.29) is 18.1 Å². The highest BCUT2D eigenvalue weighted by Crippen LogP contribution is 2.40. The van der Waals surface area contributed by atoms with Crippen molar-refractivity contribution in [3.8, 4) is 6.07 Å². The fraction of sp³-hybridized carbons (Fsp3) is 0.333. The van der Waals surface area contributed by atoms with Crippen molar-refractivity contribution < 1.29 is 14.3 Å². The smallest absolute Gasteiger partial charge is 0.336 e. The van der Waals surface area contributed by atoms with Gasteiger partial charge in [-0.15, -0.1) is 0 Å². The molecule has 1 aromatic rings. The van der Waals surface area contributed by atoms with Gasteiger partial charge in [-0.1, -0.05) is 17.8 Å². The Labute approximate surface area is 151 Å². The van der Waals surface area contributed by atoms with Crippen LogP contribution in [0, 0.1) is 11.3 Å². The standard InChI is InChI=1S/C18H19N3O3S/c1-4-24-18(23)15-12(3)21-17(25-10-11(2)22)14(8-19)16(15)13-6-5-7-20-9-13/h5-7,9,16,21H,4,10H2,1-3H3. The number of carbonyl (C=O) groups excluding carboxylic acids is 2. The van der Waals surface area contributed by atoms with E-state index in [9.17, 15) is 14.9 Å². The number of thioether (sulfide) groups is 1. The molecule has 1 N–H and O–H groups in total. The average Bonchev–Trinajstić information content (AvgIpc) is 2.60. The van der Waals surface area contributed by atoms with Gasteiger partial charge in [0.25, 0.3) is 0 Å². The molecule has 1 aliphatic rings. The van der Waals surface area contributed by atoms with Crippen LogP contribution in [0.1, 0.15) is 32.3 Å². The van der Waals surface area contributed by atoms with Crippen LogP contribution in [0.5, 0.6) is 0 Å². The zero-order valence-corrected chi connectivity index (χ0v) is 15.1. The fourth-order valence-electron chi connectivity index (χ4n) is 2.56. The Bertz CT molecular complexity index is 779. The number of nitrogens with zero attached hydrogens (tertiary/aromatic N) is 2. The number of dihydropyridines is 1. The number of rotatable bonds is 6. The maximum Gasteiger partial charge on any atom is 0.336 e. The number of aromatic nitrogens is 1. The van der Waals surface area contributed by atoms with Crippen molar-refractivity contribution in [3.63, 3.8) is 0 Å². The Morgan fingerprint density at radius 1 is 1.48 bits per heavy atom. The van der Waals surface area contributed by atoms with Crippen LogP contribution in [-0.2, 0) is 14.3 Å². The quantitative estimate of drug-likeness (QED) is 0.782. The molecular formula is C18H19N3O3S. The molecule has 0 radical (unpaired) electrons. The Morgan fingerprint density at radius 2 is 2.24 bits per heavy atom. The molecule has 0 aliphatic carbocycles. The van der Waals surface area contributed by atoms with E-state index < -0.39 is 11.9 Å². The van der Waals surface area contributed by atoms with Gasteiger partial charge in [0, 0.05) is 18.1 Å². The minimum absolute atomic E-state index is 0.00680. The van der Waals surface area contributed by atoms with Crippen molar-refractivity contribution in [2.45, 2.75) is 26.7 Å². The second kappa shape index (κ2) is 8.49. The summed E-state index contributed by atoms with van der Waals surface area (Å²) in [5.74, 6) is -0.791. The van der Waals surface area contributed by atoms with E-state index in [4.69, 9.17) is 4.74 Å². The van der Waals surface area contributed by atoms with Gasteiger partial charge >= 0.3 is 5.97 Å². The molecule has 0 saturated carbocycles. The molecule has 25 heavy (non-hydrogen) atoms. The first-order chi connectivity index (χ1) is 12.0. The molecule has 0 saturated heterocycles. The summed E-state index contributed by atoms with van der Waals surface area (Å²) < 4.78 is 5.18. The van der Waals surface area contributed by atoms with Gasteiger partial charge in [0.1, 0.15) is 5.78 Å². The second-order valence-corrected chi connectivity index (χ2v) is 6.43. The van der Waals surface area contributed by atoms with Gasteiger partial charge in [0.05, 0.1) is 40.5 Å². The highest BCUT2D eigenvalue weighted by Gasteiger charge is 2.35. The SMILES string of the molecule is CCOC(=O)C1=C(C)NC(SCC(C)=O)=C(C#N)C1c1cccnc1. The Hall–Kier alpha value is -2.59. The molecule has 2 rings (SSSR count). The normalized spacial score (nSPS) is 17.0. The third kappa shape index (κ3) is 4.28. The number of hydrogen-bond acceptors (Lipinski definition) is 7. The van der Waals surface area contributed by atoms with Crippen molar-refractivity contribution in [1.29, 1.82) is 5.26 Å². The van der Waals surface area contributed by atoms with Crippen LogP contribution < -0.4 is 5.32 Å². The molecule has 130 valence electrons. The number of ketones is 1. The van der Waals surface area contributed by atoms with Crippen LogP contribution in [0.3, 0.4) is 0 Å². The van der Waals surface area contributed by atoms with E-state index in [0.29, 0.717) is 21.9 Å². The Kier molecular flexibility index (Phi) is 6.37. The lowest BCUT2D eigenvalue weighted by atomic mass is 9.83. The van der Waals surface area contributed by atoms with Gasteiger partial charge in [-0.25, -0.2) is 4.79 Å². The summed E-state index contributed by atoms with van der Waals surface area (Å²) in [4.78, 5) is 27.9. The van der Waals surface area contributed by atoms with Crippen LogP contribution in [-0.4, -0.2) is 29.1 Å². The third-order valence-electron chi connectivity index (χ3n) is 3.58. The fourth-order valence-corrected chi connectivity index (χ4v) is 3.45. The lowest BCUT2D eigenvalue weighted by Crippen LogP contribution is -2.29. The van der Waals surface area contributed by atoms with Crippen molar-refractivity contribution in [2.75, 3.05) is 12.4 Å². The number of esters is 1. The lowest BCUT2D eigenvalue weighted by Gasteiger charge is -2.29. The molecule has 1 atom stereocenters. The van der Waals surface area contributed by atoms with Crippen molar-refractivity contribution in [1.82, 2.24) is 10.3 Å². The summed E-state index contributed by atoms with van der Waals surface area (Å²) in [6.07, 6.45) is 3.26. The summed E-state index contributed by atoms with van der Waals surface area (Å²) >= 11 is 1.26. The van der Waals surface area contributed by atoms with Gasteiger partial charge in [-0.3, -0.25) is 9.78 Å². The number of hydrogen-bond donors (Lipinski definition) is 1. The zero-order valence-electron chi connectivity index (χ0n) is 14.3. The number of allylic oxidation sites excluding steroid dienone is 2. The van der Waals surface area contributed by atoms with Gasteiger partial charge in [-0.2, -0.15) is 5.26 Å². The first-order valence-electron chi connectivity index (χ1n) is 7.80. The predicted octanol–water partition coefficient (Wildman–Crippen LogP) is 2.66. The van der Waals surface area contributed by atoms with Gasteiger partial charge in [0.15, 0.2) is 0 Å². The first kappa shape index (κ1) is 18.7. The van der Waals surface area contributed by atoms with Crippen LogP contribution in [0.4, 0.5) is 0 Å². The van der Waals surface area contributed by atoms with Crippen LogP contribution in [0.25, 0.3) is 0 Å². The lowest BCUT2D eigenvalue weighted by molar-refractivity contribution is -0.138. The van der Waals surface area contributed by atoms with E-state index in [1.54, 1.807) is 32.3 Å². The molecule has 1 aromatic heterocycles. The number of Topliss-reactive ketones (excluding diaryl/α,β-unsaturated/α-hetero) is 1. The van der Waals surface area contributed by atoms with E-state index in [1.165, 1.54) is 18.7 Å². The van der Waals surface area contributed by atoms with E-state index in [0.717, 1.165) is 5.56 Å². The summed E-state index contributed by atoms with van der Waals surface area (Å²) in [6.45, 7) is 5.23. The minimum atomic E-state index is -0.576. The summed E-state index contributed by atoms with van der Waals surface area (Å²) in [6, 6.07) is 5.77. The molecule has 0 aromatic carbocycles. The molecule has 7 heteroatoms. The van der Waals surface area contributed by atoms with Crippen LogP contribution >= 0.6 is 11.8 Å². The molecule has 0 amide bonds. The molecule has 0 spiro atoms. The number of nitrogens with one attached hydrogen (secondary N) is 1. The maximum absolute atomic E-state index is 12.5. The van der Waals surface area contributed by atoms with Crippen molar-refractivity contribution in [2.24, 2.45) is 0 Å². The highest BCUT2D eigenvalue weighted by atomic mass is 32.2. The Balaban J connectivity index is 2.55. The number of nitriles is 1. The van der Waals surface area contributed by atoms with Gasteiger partial charge in [0.2, 0.25) is 0 Å². The summed E-state index contributed by atoms with van der Waals surface area (Å²) in [7, 11) is 0. The maximum atomic E-state index is 12.5. The molecule has 2 heterocycles. The number of carbonyl (C=O) groups is 2. The van der Waals surface area contributed by atoms with E-state index >= 15 is 0 Å². The highest BCUT2D eigenvalue weighted by molar-refractivity contribution is 8.03. The molecule has 6 nitrogen and oxygen atoms in total. The van der Waals surface area contributed by atoms with Gasteiger partial charge < -0.3 is 10.1 Å². The summed E-state index contributed by atoms with van der Waals surface area (Å²) in [5.41, 5.74) is 2.10. The van der Waals surface area contributed by atoms with Crippen LogP contribution in [0.15, 0.2) is 46.4 Å². The monoisotopic (exact) mass is 357 g/mol. The first-order valence-corrected chi connectivity index (χ1v) is 8.79. The molecule has 1 unspecified atom stereocenters. The number of pyridine rings is 1. The molecular weight excluding hydrogens is 338 g/mol. The largest absolute Gasteiger partial charge is 0.463 e. The topological polar surface area (TPSA) is 92.1 Å². The zero-order chi connectivity index (χ0) is 18.4. The van der Waals surface area contributed by atoms with Crippen molar-refractivity contribution in [3.05, 3.63) is 52.0 Å². The average molecular weight is 357 g/mol. The predicted molar refractivity (Wildman–Crippen MR) is 95.2 cm³/mol.